The van der Waals surface area contributed by atoms with Gasteiger partial charge in [-0.05, 0) is 32.1 Å². The van der Waals surface area contributed by atoms with E-state index in [0.717, 1.165) is 38.5 Å². The molecule has 0 aromatic heterocycles. The van der Waals surface area contributed by atoms with Crippen LogP contribution in [0.3, 0.4) is 0 Å². The van der Waals surface area contributed by atoms with Crippen molar-refractivity contribution in [3.63, 3.8) is 0 Å². The molecule has 0 amide bonds. The summed E-state index contributed by atoms with van der Waals surface area (Å²) in [6.45, 7) is 10.4. The van der Waals surface area contributed by atoms with Crippen molar-refractivity contribution in [1.82, 2.24) is 16.4 Å². The van der Waals surface area contributed by atoms with Crippen LogP contribution in [0.2, 0.25) is 0 Å². The standard InChI is InChI=1S/C14H27N3O.C2H6.CH4O.H3N/c1-2-12(15)11-16-13-3-7-17(8-4-13)14-5-9-18-10-6-14;2*1-2;/h11,13-14,16H,2-10,15H2,1H3;1-2H3;2H,1H3;1H3/b12-11-;;;. The van der Waals surface area contributed by atoms with Gasteiger partial charge in [0.1, 0.15) is 0 Å². The smallest absolute Gasteiger partial charge is 0.0480 e. The van der Waals surface area contributed by atoms with Gasteiger partial charge < -0.3 is 31.9 Å². The highest BCUT2D eigenvalue weighted by molar-refractivity contribution is 4.95. The van der Waals surface area contributed by atoms with Crippen LogP contribution in [0.4, 0.5) is 0 Å². The highest BCUT2D eigenvalue weighted by Gasteiger charge is 2.25. The predicted molar refractivity (Wildman–Crippen MR) is 98.6 cm³/mol. The number of aliphatic hydroxyl groups excluding tert-OH is 1. The number of piperidine rings is 1. The Morgan fingerprint density at radius 3 is 2.17 bits per heavy atom. The minimum atomic E-state index is 0. The van der Waals surface area contributed by atoms with E-state index in [1.165, 1.54) is 38.8 Å². The molecule has 0 unspecified atom stereocenters. The van der Waals surface area contributed by atoms with Crippen LogP contribution >= 0.6 is 0 Å². The number of nitrogens with two attached hydrogens (primary N) is 1. The van der Waals surface area contributed by atoms with Crippen molar-refractivity contribution in [2.75, 3.05) is 33.4 Å². The third kappa shape index (κ3) is 9.81. The molecule has 0 bridgehead atoms. The second kappa shape index (κ2) is 16.1. The number of nitrogens with zero attached hydrogens (tertiary/aromatic N) is 1. The summed E-state index contributed by atoms with van der Waals surface area (Å²) in [5.74, 6) is 0. The summed E-state index contributed by atoms with van der Waals surface area (Å²) in [4.78, 5) is 2.65. The monoisotopic (exact) mass is 332 g/mol. The van der Waals surface area contributed by atoms with Gasteiger partial charge in [-0.25, -0.2) is 0 Å². The van der Waals surface area contributed by atoms with Crippen molar-refractivity contribution in [3.05, 3.63) is 11.9 Å². The van der Waals surface area contributed by atoms with Crippen LogP contribution in [-0.4, -0.2) is 55.5 Å². The van der Waals surface area contributed by atoms with Crippen LogP contribution in [0.1, 0.15) is 52.9 Å². The maximum absolute atomic E-state index is 7.00. The molecule has 2 heterocycles. The summed E-state index contributed by atoms with van der Waals surface area (Å²) >= 11 is 0. The van der Waals surface area contributed by atoms with Gasteiger partial charge in [0.05, 0.1) is 0 Å². The van der Waals surface area contributed by atoms with Crippen molar-refractivity contribution >= 4 is 0 Å². The van der Waals surface area contributed by atoms with Crippen LogP contribution in [0.5, 0.6) is 0 Å². The number of ether oxygens (including phenoxy) is 1. The molecule has 0 aliphatic carbocycles. The lowest BCUT2D eigenvalue weighted by Gasteiger charge is -2.39. The first-order valence-corrected chi connectivity index (χ1v) is 8.76. The average Bonchev–Trinajstić information content (AvgIpc) is 2.64. The van der Waals surface area contributed by atoms with Gasteiger partial charge in [-0.15, -0.1) is 0 Å². The zero-order valence-electron chi connectivity index (χ0n) is 15.7. The summed E-state index contributed by atoms with van der Waals surface area (Å²) < 4.78 is 5.43. The Balaban J connectivity index is 0. The van der Waals surface area contributed by atoms with Gasteiger partial charge in [-0.2, -0.15) is 0 Å². The van der Waals surface area contributed by atoms with E-state index in [0.29, 0.717) is 6.04 Å². The van der Waals surface area contributed by atoms with Crippen molar-refractivity contribution in [3.8, 4) is 0 Å². The van der Waals surface area contributed by atoms with Crippen molar-refractivity contribution in [2.45, 2.75) is 65.0 Å². The van der Waals surface area contributed by atoms with E-state index in [-0.39, 0.29) is 6.15 Å². The molecule has 0 radical (unpaired) electrons. The second-order valence-corrected chi connectivity index (χ2v) is 5.39. The Labute approximate surface area is 143 Å². The first-order chi connectivity index (χ1) is 10.8. The Hall–Kier alpha value is -0.820. The molecule has 0 aromatic rings. The fraction of sp³-hybridized carbons (Fsp3) is 0.882. The number of rotatable bonds is 4. The van der Waals surface area contributed by atoms with E-state index in [1.54, 1.807) is 0 Å². The van der Waals surface area contributed by atoms with E-state index in [2.05, 4.69) is 17.1 Å². The first kappa shape index (κ1) is 24.4. The molecule has 7 N–H and O–H groups in total. The number of likely N-dealkylation sites (tertiary alicyclic amines) is 1. The van der Waals surface area contributed by atoms with Gasteiger partial charge in [0.15, 0.2) is 0 Å². The lowest BCUT2D eigenvalue weighted by Crippen LogP contribution is -2.47. The molecule has 0 spiro atoms. The quantitative estimate of drug-likeness (QED) is 0.629. The summed E-state index contributed by atoms with van der Waals surface area (Å²) in [6, 6.07) is 1.36. The molecule has 6 nitrogen and oxygen atoms in total. The highest BCUT2D eigenvalue weighted by atomic mass is 16.5. The van der Waals surface area contributed by atoms with Crippen LogP contribution < -0.4 is 17.2 Å². The molecule has 0 saturated carbocycles. The maximum Gasteiger partial charge on any atom is 0.0480 e. The lowest BCUT2D eigenvalue weighted by atomic mass is 10.00. The summed E-state index contributed by atoms with van der Waals surface area (Å²) in [5.41, 5.74) is 6.75. The molecule has 2 aliphatic heterocycles. The van der Waals surface area contributed by atoms with E-state index in [9.17, 15) is 0 Å². The molecule has 2 aliphatic rings. The molecular formula is C17H40N4O2. The van der Waals surface area contributed by atoms with Crippen LogP contribution in [0, 0.1) is 0 Å². The topological polar surface area (TPSA) is 106 Å². The van der Waals surface area contributed by atoms with Crippen molar-refractivity contribution in [2.24, 2.45) is 5.73 Å². The lowest BCUT2D eigenvalue weighted by molar-refractivity contribution is 0.0244. The summed E-state index contributed by atoms with van der Waals surface area (Å²) in [5, 5.41) is 10.5. The third-order valence-electron chi connectivity index (χ3n) is 4.15. The summed E-state index contributed by atoms with van der Waals surface area (Å²) in [6.07, 6.45) is 7.79. The third-order valence-corrected chi connectivity index (χ3v) is 4.15. The number of hydrogen-bond donors (Lipinski definition) is 4. The molecule has 140 valence electrons. The second-order valence-electron chi connectivity index (χ2n) is 5.39. The molecular weight excluding hydrogens is 292 g/mol. The number of allylic oxidation sites excluding steroid dienone is 1. The normalized spacial score (nSPS) is 20.3. The minimum Gasteiger partial charge on any atom is -0.401 e. The minimum absolute atomic E-state index is 0. The van der Waals surface area contributed by atoms with Crippen molar-refractivity contribution < 1.29 is 9.84 Å². The summed E-state index contributed by atoms with van der Waals surface area (Å²) in [7, 11) is 1.00. The van der Waals surface area contributed by atoms with Gasteiger partial charge in [-0.1, -0.05) is 20.8 Å². The average molecular weight is 333 g/mol. The highest BCUT2D eigenvalue weighted by Crippen LogP contribution is 2.19. The fourth-order valence-corrected chi connectivity index (χ4v) is 2.81. The van der Waals surface area contributed by atoms with E-state index in [4.69, 9.17) is 15.6 Å². The van der Waals surface area contributed by atoms with E-state index < -0.39 is 0 Å². The fourth-order valence-electron chi connectivity index (χ4n) is 2.81. The molecule has 0 atom stereocenters. The molecule has 23 heavy (non-hydrogen) atoms. The maximum atomic E-state index is 7.00. The molecule has 0 aromatic carbocycles. The Morgan fingerprint density at radius 1 is 1.17 bits per heavy atom. The SMILES string of the molecule is CC.CC/C(N)=C/NC1CCN(C2CCOCC2)CC1.CO.N. The van der Waals surface area contributed by atoms with Crippen LogP contribution in [-0.2, 0) is 4.74 Å². The molecule has 2 saturated heterocycles. The zero-order chi connectivity index (χ0) is 16.8. The van der Waals surface area contributed by atoms with Crippen molar-refractivity contribution in [1.29, 1.82) is 0 Å². The Morgan fingerprint density at radius 2 is 1.70 bits per heavy atom. The molecule has 2 rings (SSSR count). The van der Waals surface area contributed by atoms with Crippen LogP contribution in [0.15, 0.2) is 11.9 Å². The predicted octanol–water partition coefficient (Wildman–Crippen LogP) is 2.23. The van der Waals surface area contributed by atoms with Gasteiger partial charge in [0, 0.05) is 57.4 Å². The van der Waals surface area contributed by atoms with Gasteiger partial charge in [-0.3, -0.25) is 0 Å². The van der Waals surface area contributed by atoms with E-state index in [1.807, 2.05) is 20.0 Å². The molecule has 6 heteroatoms. The number of aliphatic hydroxyl groups is 1. The van der Waals surface area contributed by atoms with Crippen LogP contribution in [0.25, 0.3) is 0 Å². The molecule has 2 fully saturated rings. The number of nitrogens with one attached hydrogen (secondary N) is 1. The van der Waals surface area contributed by atoms with Gasteiger partial charge in [0.2, 0.25) is 0 Å². The zero-order valence-corrected chi connectivity index (χ0v) is 15.7. The van der Waals surface area contributed by atoms with E-state index >= 15 is 0 Å². The Kier molecular flexibility index (Phi) is 17.1. The van der Waals surface area contributed by atoms with Gasteiger partial charge in [0.25, 0.3) is 0 Å². The van der Waals surface area contributed by atoms with Gasteiger partial charge >= 0.3 is 0 Å². The first-order valence-electron chi connectivity index (χ1n) is 8.76. The Bertz CT molecular complexity index is 274. The number of hydrogen-bond acceptors (Lipinski definition) is 6. The largest absolute Gasteiger partial charge is 0.401 e.